The van der Waals surface area contributed by atoms with E-state index in [0.29, 0.717) is 17.7 Å². The molecular weight excluding hydrogens is 360 g/mol. The first-order chi connectivity index (χ1) is 13.5. The van der Waals surface area contributed by atoms with Gasteiger partial charge in [0.1, 0.15) is 0 Å². The van der Waals surface area contributed by atoms with Crippen molar-refractivity contribution in [1.29, 1.82) is 0 Å². The summed E-state index contributed by atoms with van der Waals surface area (Å²) in [4.78, 5) is 39.2. The van der Waals surface area contributed by atoms with Gasteiger partial charge in [0.15, 0.2) is 0 Å². The molecule has 2 atom stereocenters. The Morgan fingerprint density at radius 1 is 1.07 bits per heavy atom. The van der Waals surface area contributed by atoms with Crippen LogP contribution in [0.25, 0.3) is 0 Å². The molecule has 2 aliphatic rings. The molecule has 1 saturated carbocycles. The second-order valence-electron chi connectivity index (χ2n) is 7.68. The van der Waals surface area contributed by atoms with E-state index in [9.17, 15) is 19.5 Å². The van der Waals surface area contributed by atoms with Gasteiger partial charge in [0.25, 0.3) is 0 Å². The van der Waals surface area contributed by atoms with Crippen molar-refractivity contribution in [1.82, 2.24) is 4.90 Å². The first-order valence-electron chi connectivity index (χ1n) is 9.95. The van der Waals surface area contributed by atoms with Gasteiger partial charge < -0.3 is 20.1 Å². The number of likely N-dealkylation sites (tertiary alicyclic amines) is 1. The molecule has 2 fully saturated rings. The number of carboxylic acid groups (broad SMARTS) is 1. The predicted molar refractivity (Wildman–Crippen MR) is 104 cm³/mol. The van der Waals surface area contributed by atoms with Crippen molar-refractivity contribution in [2.75, 3.05) is 25.5 Å². The Labute approximate surface area is 165 Å². The van der Waals surface area contributed by atoms with E-state index >= 15 is 0 Å². The largest absolute Gasteiger partial charge is 0.478 e. The van der Waals surface area contributed by atoms with E-state index in [-0.39, 0.29) is 35.8 Å². The van der Waals surface area contributed by atoms with Crippen LogP contribution in [0.4, 0.5) is 5.69 Å². The third-order valence-corrected chi connectivity index (χ3v) is 5.66. The van der Waals surface area contributed by atoms with Crippen molar-refractivity contribution in [3.63, 3.8) is 0 Å². The molecule has 1 aromatic carbocycles. The van der Waals surface area contributed by atoms with Crippen molar-refractivity contribution < 1.29 is 24.2 Å². The molecule has 7 nitrogen and oxygen atoms in total. The third kappa shape index (κ3) is 4.70. The summed E-state index contributed by atoms with van der Waals surface area (Å²) in [7, 11) is 1.53. The molecule has 152 valence electrons. The molecule has 3 rings (SSSR count). The van der Waals surface area contributed by atoms with Gasteiger partial charge in [-0.3, -0.25) is 9.59 Å². The highest BCUT2D eigenvalue weighted by molar-refractivity contribution is 5.97. The maximum absolute atomic E-state index is 13.0. The molecule has 0 spiro atoms. The zero-order valence-electron chi connectivity index (χ0n) is 16.3. The minimum Gasteiger partial charge on any atom is -0.478 e. The van der Waals surface area contributed by atoms with Gasteiger partial charge in [0, 0.05) is 37.7 Å². The highest BCUT2D eigenvalue weighted by Crippen LogP contribution is 2.33. The summed E-state index contributed by atoms with van der Waals surface area (Å²) in [6.07, 6.45) is 5.35. The SMILES string of the molecule is COCc1cc(NC(=O)C2CCCCC2C(=O)N2CCCC2)cc(C(=O)O)c1. The molecule has 1 saturated heterocycles. The summed E-state index contributed by atoms with van der Waals surface area (Å²) < 4.78 is 5.09. The Morgan fingerprint density at radius 3 is 2.39 bits per heavy atom. The standard InChI is InChI=1S/C21H28N2O5/c1-28-13-14-10-15(21(26)27)12-16(11-14)22-19(24)17-6-2-3-7-18(17)20(25)23-8-4-5-9-23/h10-12,17-18H,2-9,13H2,1H3,(H,22,24)(H,26,27). The summed E-state index contributed by atoms with van der Waals surface area (Å²) in [6.45, 7) is 1.82. The minimum atomic E-state index is -1.06. The second-order valence-corrected chi connectivity index (χ2v) is 7.68. The predicted octanol–water partition coefficient (Wildman–Crippen LogP) is 2.90. The van der Waals surface area contributed by atoms with Crippen molar-refractivity contribution in [3.05, 3.63) is 29.3 Å². The van der Waals surface area contributed by atoms with E-state index in [2.05, 4.69) is 5.32 Å². The van der Waals surface area contributed by atoms with E-state index in [1.54, 1.807) is 6.07 Å². The topological polar surface area (TPSA) is 95.9 Å². The lowest BCUT2D eigenvalue weighted by Gasteiger charge is -2.32. The van der Waals surface area contributed by atoms with Crippen molar-refractivity contribution in [2.24, 2.45) is 11.8 Å². The van der Waals surface area contributed by atoms with Gasteiger partial charge in [-0.25, -0.2) is 4.79 Å². The van der Waals surface area contributed by atoms with Crippen molar-refractivity contribution >= 4 is 23.5 Å². The normalized spacial score (nSPS) is 22.1. The summed E-state index contributed by atoms with van der Waals surface area (Å²) in [5.41, 5.74) is 1.19. The Morgan fingerprint density at radius 2 is 1.75 bits per heavy atom. The van der Waals surface area contributed by atoms with Crippen molar-refractivity contribution in [3.8, 4) is 0 Å². The molecule has 2 amide bonds. The molecule has 0 bridgehead atoms. The smallest absolute Gasteiger partial charge is 0.335 e. The number of carboxylic acids is 1. The van der Waals surface area contributed by atoms with Gasteiger partial charge in [-0.2, -0.15) is 0 Å². The number of carbonyl (C=O) groups excluding carboxylic acids is 2. The summed E-state index contributed by atoms with van der Waals surface area (Å²) in [6, 6.07) is 4.69. The number of nitrogens with zero attached hydrogens (tertiary/aromatic N) is 1. The maximum Gasteiger partial charge on any atom is 0.335 e. The molecule has 1 aliphatic heterocycles. The summed E-state index contributed by atoms with van der Waals surface area (Å²) in [5, 5.41) is 12.2. The molecule has 1 heterocycles. The average Bonchev–Trinajstić information content (AvgIpc) is 3.22. The van der Waals surface area contributed by atoms with Crippen LogP contribution in [-0.4, -0.2) is 48.0 Å². The number of anilines is 1. The Hall–Kier alpha value is -2.41. The zero-order chi connectivity index (χ0) is 20.1. The van der Waals surface area contributed by atoms with Crippen LogP contribution in [0.3, 0.4) is 0 Å². The molecule has 0 aromatic heterocycles. The average molecular weight is 388 g/mol. The van der Waals surface area contributed by atoms with Crippen LogP contribution in [-0.2, 0) is 20.9 Å². The fourth-order valence-electron chi connectivity index (χ4n) is 4.28. The van der Waals surface area contributed by atoms with Gasteiger partial charge in [-0.15, -0.1) is 0 Å². The first-order valence-corrected chi connectivity index (χ1v) is 9.95. The molecule has 28 heavy (non-hydrogen) atoms. The van der Waals surface area contributed by atoms with Crippen LogP contribution >= 0.6 is 0 Å². The number of methoxy groups -OCH3 is 1. The molecule has 0 radical (unpaired) electrons. The van der Waals surface area contributed by atoms with Gasteiger partial charge in [0.05, 0.1) is 12.2 Å². The van der Waals surface area contributed by atoms with Crippen LogP contribution < -0.4 is 5.32 Å². The van der Waals surface area contributed by atoms with E-state index in [1.807, 2.05) is 4.90 Å². The molecule has 1 aromatic rings. The van der Waals surface area contributed by atoms with Gasteiger partial charge in [0.2, 0.25) is 11.8 Å². The first kappa shape index (κ1) is 20.3. The third-order valence-electron chi connectivity index (χ3n) is 5.66. The summed E-state index contributed by atoms with van der Waals surface area (Å²) in [5.74, 6) is -1.83. The van der Waals surface area contributed by atoms with E-state index in [4.69, 9.17) is 4.74 Å². The van der Waals surface area contributed by atoms with E-state index in [0.717, 1.165) is 45.2 Å². The maximum atomic E-state index is 13.0. The number of ether oxygens (including phenoxy) is 1. The molecule has 7 heteroatoms. The molecule has 1 aliphatic carbocycles. The van der Waals surface area contributed by atoms with Crippen LogP contribution in [0.1, 0.15) is 54.4 Å². The van der Waals surface area contributed by atoms with Gasteiger partial charge >= 0.3 is 5.97 Å². The van der Waals surface area contributed by atoms with Gasteiger partial charge in [-0.1, -0.05) is 12.8 Å². The number of hydrogen-bond donors (Lipinski definition) is 2. The second kappa shape index (κ2) is 9.19. The lowest BCUT2D eigenvalue weighted by molar-refractivity contribution is -0.141. The van der Waals surface area contributed by atoms with Crippen molar-refractivity contribution in [2.45, 2.75) is 45.1 Å². The number of benzene rings is 1. The lowest BCUT2D eigenvalue weighted by Crippen LogP contribution is -2.42. The quantitative estimate of drug-likeness (QED) is 0.781. The fourth-order valence-corrected chi connectivity index (χ4v) is 4.28. The minimum absolute atomic E-state index is 0.0942. The van der Waals surface area contributed by atoms with Crippen LogP contribution in [0, 0.1) is 11.8 Å². The zero-order valence-corrected chi connectivity index (χ0v) is 16.3. The fraction of sp³-hybridized carbons (Fsp3) is 0.571. The van der Waals surface area contributed by atoms with Crippen LogP contribution in [0.15, 0.2) is 18.2 Å². The number of carbonyl (C=O) groups is 3. The summed E-state index contributed by atoms with van der Waals surface area (Å²) >= 11 is 0. The number of nitrogens with one attached hydrogen (secondary N) is 1. The lowest BCUT2D eigenvalue weighted by atomic mass is 9.77. The molecule has 2 unspecified atom stereocenters. The van der Waals surface area contributed by atoms with Gasteiger partial charge in [-0.05, 0) is 49.4 Å². The van der Waals surface area contributed by atoms with Crippen LogP contribution in [0.5, 0.6) is 0 Å². The Balaban J connectivity index is 1.76. The number of amides is 2. The number of aromatic carboxylic acids is 1. The highest BCUT2D eigenvalue weighted by atomic mass is 16.5. The Kier molecular flexibility index (Phi) is 6.67. The number of rotatable bonds is 6. The Bertz CT molecular complexity index is 742. The molecule has 2 N–H and O–H groups in total. The molecular formula is C21H28N2O5. The van der Waals surface area contributed by atoms with E-state index < -0.39 is 5.97 Å². The number of hydrogen-bond acceptors (Lipinski definition) is 4. The van der Waals surface area contributed by atoms with E-state index in [1.165, 1.54) is 19.2 Å². The van der Waals surface area contributed by atoms with Crippen LogP contribution in [0.2, 0.25) is 0 Å². The highest BCUT2D eigenvalue weighted by Gasteiger charge is 2.38. The monoisotopic (exact) mass is 388 g/mol.